The van der Waals surface area contributed by atoms with Crippen LogP contribution in [0.2, 0.25) is 0 Å². The van der Waals surface area contributed by atoms with Crippen LogP contribution in [0.3, 0.4) is 0 Å². The molecule has 0 amide bonds. The Morgan fingerprint density at radius 3 is 2.33 bits per heavy atom. The molecule has 0 radical (unpaired) electrons. The minimum absolute atomic E-state index is 0.795. The zero-order valence-corrected chi connectivity index (χ0v) is 6.42. The molecule has 0 saturated heterocycles. The van der Waals surface area contributed by atoms with Gasteiger partial charge in [0.2, 0.25) is 0 Å². The van der Waals surface area contributed by atoms with E-state index in [9.17, 15) is 0 Å². The molecule has 3 nitrogen and oxygen atoms in total. The fourth-order valence-electron chi connectivity index (χ4n) is 0.257. The van der Waals surface area contributed by atoms with Gasteiger partial charge in [0.1, 0.15) is 5.84 Å². The summed E-state index contributed by atoms with van der Waals surface area (Å²) in [4.78, 5) is 9.72. The molecular formula is C6H13N3. The van der Waals surface area contributed by atoms with Gasteiger partial charge in [-0.1, -0.05) is 0 Å². The van der Waals surface area contributed by atoms with E-state index < -0.39 is 0 Å². The predicted octanol–water partition coefficient (Wildman–Crippen LogP) is 0.625. The van der Waals surface area contributed by atoms with E-state index in [0.717, 1.165) is 5.84 Å². The van der Waals surface area contributed by atoms with Crippen molar-refractivity contribution >= 4 is 12.2 Å². The molecule has 0 bridgehead atoms. The second-order valence-corrected chi connectivity index (χ2v) is 1.98. The van der Waals surface area contributed by atoms with Crippen LogP contribution in [0.4, 0.5) is 0 Å². The maximum atomic E-state index is 3.99. The molecule has 0 aliphatic carbocycles. The monoisotopic (exact) mass is 127 g/mol. The lowest BCUT2D eigenvalue weighted by Gasteiger charge is -2.00. The fourth-order valence-corrected chi connectivity index (χ4v) is 0.257. The van der Waals surface area contributed by atoms with Gasteiger partial charge in [0.05, 0.1) is 6.34 Å². The summed E-state index contributed by atoms with van der Waals surface area (Å²) in [5.74, 6) is 0.795. The quantitative estimate of drug-likeness (QED) is 0.375. The van der Waals surface area contributed by atoms with Crippen LogP contribution in [0.1, 0.15) is 6.92 Å². The van der Waals surface area contributed by atoms with E-state index in [4.69, 9.17) is 0 Å². The average molecular weight is 127 g/mol. The van der Waals surface area contributed by atoms with Crippen LogP contribution < -0.4 is 0 Å². The van der Waals surface area contributed by atoms with Crippen molar-refractivity contribution in [2.24, 2.45) is 9.98 Å². The van der Waals surface area contributed by atoms with Crippen LogP contribution in [0.5, 0.6) is 0 Å². The molecule has 0 atom stereocenters. The molecule has 0 spiro atoms. The van der Waals surface area contributed by atoms with Crippen molar-refractivity contribution < 1.29 is 0 Å². The van der Waals surface area contributed by atoms with Crippen LogP contribution >= 0.6 is 0 Å². The molecule has 0 aliphatic rings. The molecule has 0 saturated carbocycles. The topological polar surface area (TPSA) is 28.0 Å². The molecule has 0 aromatic carbocycles. The van der Waals surface area contributed by atoms with Gasteiger partial charge in [0.25, 0.3) is 0 Å². The molecule has 0 aliphatic heterocycles. The maximum Gasteiger partial charge on any atom is 0.121 e. The van der Waals surface area contributed by atoms with Gasteiger partial charge in [-0.2, -0.15) is 0 Å². The Balaban J connectivity index is 3.71. The van der Waals surface area contributed by atoms with Crippen LogP contribution in [-0.4, -0.2) is 38.2 Å². The van der Waals surface area contributed by atoms with Crippen LogP contribution in [0.15, 0.2) is 9.98 Å². The number of rotatable bonds is 1. The fraction of sp³-hybridized carbons (Fsp3) is 0.667. The molecule has 0 fully saturated rings. The normalized spacial score (nSPS) is 12.7. The molecule has 0 heterocycles. The third kappa shape index (κ3) is 5.00. The van der Waals surface area contributed by atoms with Crippen molar-refractivity contribution in [3.63, 3.8) is 0 Å². The summed E-state index contributed by atoms with van der Waals surface area (Å²) >= 11 is 0. The molecule has 3 heteroatoms. The van der Waals surface area contributed by atoms with Crippen LogP contribution in [0, 0.1) is 0 Å². The third-order valence-electron chi connectivity index (χ3n) is 0.799. The summed E-state index contributed by atoms with van der Waals surface area (Å²) in [6, 6.07) is 0. The SMILES string of the molecule is CN=C(C)N=CN(C)C. The minimum atomic E-state index is 0.795. The van der Waals surface area contributed by atoms with Crippen molar-refractivity contribution in [1.29, 1.82) is 0 Å². The average Bonchev–Trinajstić information content (AvgIpc) is 1.83. The first-order valence-electron chi connectivity index (χ1n) is 2.81. The molecule has 0 aromatic heterocycles. The number of hydrogen-bond donors (Lipinski definition) is 0. The van der Waals surface area contributed by atoms with Crippen molar-refractivity contribution in [3.05, 3.63) is 0 Å². The Kier molecular flexibility index (Phi) is 3.67. The van der Waals surface area contributed by atoms with Crippen molar-refractivity contribution in [2.75, 3.05) is 21.1 Å². The van der Waals surface area contributed by atoms with E-state index in [1.54, 1.807) is 13.4 Å². The summed E-state index contributed by atoms with van der Waals surface area (Å²) in [6.45, 7) is 1.86. The second-order valence-electron chi connectivity index (χ2n) is 1.98. The van der Waals surface area contributed by atoms with E-state index in [1.807, 2.05) is 25.9 Å². The maximum absolute atomic E-state index is 3.99. The number of hydrogen-bond acceptors (Lipinski definition) is 1. The standard InChI is InChI=1S/C6H13N3/c1-6(7-2)8-5-9(3)4/h5H,1-4H3. The van der Waals surface area contributed by atoms with Gasteiger partial charge in [-0.3, -0.25) is 4.99 Å². The zero-order chi connectivity index (χ0) is 7.28. The zero-order valence-electron chi connectivity index (χ0n) is 6.42. The highest BCUT2D eigenvalue weighted by molar-refractivity contribution is 5.86. The van der Waals surface area contributed by atoms with Crippen molar-refractivity contribution in [3.8, 4) is 0 Å². The van der Waals surface area contributed by atoms with E-state index in [2.05, 4.69) is 9.98 Å². The summed E-state index contributed by atoms with van der Waals surface area (Å²) < 4.78 is 0. The highest BCUT2D eigenvalue weighted by Gasteiger charge is 1.79. The Hall–Kier alpha value is -0.860. The van der Waals surface area contributed by atoms with E-state index in [0.29, 0.717) is 0 Å². The third-order valence-corrected chi connectivity index (χ3v) is 0.799. The van der Waals surface area contributed by atoms with Crippen LogP contribution in [-0.2, 0) is 0 Å². The Morgan fingerprint density at radius 1 is 1.44 bits per heavy atom. The van der Waals surface area contributed by atoms with Gasteiger partial charge in [-0.15, -0.1) is 0 Å². The molecule has 0 N–H and O–H groups in total. The molecule has 0 unspecified atom stereocenters. The van der Waals surface area contributed by atoms with Gasteiger partial charge < -0.3 is 4.90 Å². The van der Waals surface area contributed by atoms with Crippen molar-refractivity contribution in [2.45, 2.75) is 6.92 Å². The largest absolute Gasteiger partial charge is 0.369 e. The second kappa shape index (κ2) is 4.06. The lowest BCUT2D eigenvalue weighted by molar-refractivity contribution is 0.644. The number of aliphatic imine (C=N–C) groups is 2. The predicted molar refractivity (Wildman–Crippen MR) is 41.2 cm³/mol. The summed E-state index contributed by atoms with van der Waals surface area (Å²) in [5, 5.41) is 0. The summed E-state index contributed by atoms with van der Waals surface area (Å²) in [5.41, 5.74) is 0. The summed E-state index contributed by atoms with van der Waals surface area (Å²) in [6.07, 6.45) is 1.72. The number of nitrogens with zero attached hydrogens (tertiary/aromatic N) is 3. The lowest BCUT2D eigenvalue weighted by atomic mass is 10.7. The molecule has 0 aromatic rings. The smallest absolute Gasteiger partial charge is 0.121 e. The van der Waals surface area contributed by atoms with E-state index >= 15 is 0 Å². The highest BCUT2D eigenvalue weighted by atomic mass is 15.1. The van der Waals surface area contributed by atoms with Gasteiger partial charge >= 0.3 is 0 Å². The van der Waals surface area contributed by atoms with E-state index in [-0.39, 0.29) is 0 Å². The molecule has 52 valence electrons. The van der Waals surface area contributed by atoms with E-state index in [1.165, 1.54) is 0 Å². The van der Waals surface area contributed by atoms with Crippen LogP contribution in [0.25, 0.3) is 0 Å². The minimum Gasteiger partial charge on any atom is -0.369 e. The Bertz CT molecular complexity index is 124. The first-order chi connectivity index (χ1) is 4.16. The van der Waals surface area contributed by atoms with Gasteiger partial charge in [-0.25, -0.2) is 4.99 Å². The van der Waals surface area contributed by atoms with Gasteiger partial charge in [-0.05, 0) is 6.92 Å². The summed E-state index contributed by atoms with van der Waals surface area (Å²) in [7, 11) is 5.57. The molecule has 9 heavy (non-hydrogen) atoms. The first-order valence-corrected chi connectivity index (χ1v) is 2.81. The Morgan fingerprint density at radius 2 is 2.00 bits per heavy atom. The van der Waals surface area contributed by atoms with Gasteiger partial charge in [0, 0.05) is 21.1 Å². The Labute approximate surface area is 56.1 Å². The molecular weight excluding hydrogens is 114 g/mol. The lowest BCUT2D eigenvalue weighted by Crippen LogP contribution is -2.08. The molecule has 0 rings (SSSR count). The first kappa shape index (κ1) is 8.14. The van der Waals surface area contributed by atoms with Crippen molar-refractivity contribution in [1.82, 2.24) is 4.90 Å². The van der Waals surface area contributed by atoms with Gasteiger partial charge in [0.15, 0.2) is 0 Å². The highest BCUT2D eigenvalue weighted by Crippen LogP contribution is 1.75. The number of amidine groups is 1.